The molecule has 1 aliphatic rings. The molecule has 3 nitrogen and oxygen atoms in total. The van der Waals surface area contributed by atoms with Gasteiger partial charge in [-0.05, 0) is 24.7 Å². The molecule has 76 valence electrons. The lowest BCUT2D eigenvalue weighted by atomic mass is 10.1. The number of aromatic nitrogens is 2. The Morgan fingerprint density at radius 1 is 1.50 bits per heavy atom. The topological polar surface area (TPSA) is 37.8 Å². The molecule has 0 unspecified atom stereocenters. The first-order valence-corrected chi connectivity index (χ1v) is 5.27. The van der Waals surface area contributed by atoms with E-state index < -0.39 is 0 Å². The highest BCUT2D eigenvalue weighted by atomic mass is 35.5. The molecule has 1 fully saturated rings. The highest BCUT2D eigenvalue weighted by Crippen LogP contribution is 2.47. The van der Waals surface area contributed by atoms with E-state index in [2.05, 4.69) is 22.2 Å². The zero-order valence-electron chi connectivity index (χ0n) is 8.26. The minimum absolute atomic E-state index is 0.438. The van der Waals surface area contributed by atoms with E-state index in [-0.39, 0.29) is 0 Å². The number of hydrogen-bond acceptors (Lipinski definition) is 3. The molecule has 1 aromatic rings. The van der Waals surface area contributed by atoms with Gasteiger partial charge < -0.3 is 5.32 Å². The fourth-order valence-corrected chi connectivity index (χ4v) is 1.53. The van der Waals surface area contributed by atoms with Crippen LogP contribution in [0.2, 0.25) is 5.15 Å². The quantitative estimate of drug-likeness (QED) is 0.832. The van der Waals surface area contributed by atoms with Gasteiger partial charge in [0, 0.05) is 6.54 Å². The number of anilines is 1. The zero-order valence-corrected chi connectivity index (χ0v) is 9.01. The van der Waals surface area contributed by atoms with Crippen molar-refractivity contribution in [3.05, 3.63) is 17.5 Å². The lowest BCUT2D eigenvalue weighted by Crippen LogP contribution is -2.08. The van der Waals surface area contributed by atoms with Crippen LogP contribution < -0.4 is 5.32 Å². The molecular weight excluding hydrogens is 198 g/mol. The molecule has 0 atom stereocenters. The highest BCUT2D eigenvalue weighted by molar-refractivity contribution is 6.29. The molecule has 1 saturated carbocycles. The van der Waals surface area contributed by atoms with Gasteiger partial charge in [-0.1, -0.05) is 18.5 Å². The number of nitrogens with one attached hydrogen (secondary N) is 1. The summed E-state index contributed by atoms with van der Waals surface area (Å²) in [5.74, 6) is 0.766. The summed E-state index contributed by atoms with van der Waals surface area (Å²) in [5.41, 5.74) is 0.582. The van der Waals surface area contributed by atoms with E-state index in [0.717, 1.165) is 12.4 Å². The Balaban J connectivity index is 1.80. The first kappa shape index (κ1) is 9.71. The van der Waals surface area contributed by atoms with Crippen molar-refractivity contribution in [2.45, 2.75) is 26.2 Å². The highest BCUT2D eigenvalue weighted by Gasteiger charge is 2.36. The molecule has 14 heavy (non-hydrogen) atoms. The van der Waals surface area contributed by atoms with Gasteiger partial charge in [0.1, 0.15) is 11.0 Å². The van der Waals surface area contributed by atoms with Crippen molar-refractivity contribution in [2.24, 2.45) is 5.41 Å². The van der Waals surface area contributed by atoms with E-state index in [1.165, 1.54) is 25.5 Å². The van der Waals surface area contributed by atoms with Crippen LogP contribution in [-0.4, -0.2) is 16.5 Å². The maximum atomic E-state index is 5.71. The summed E-state index contributed by atoms with van der Waals surface area (Å²) in [6.45, 7) is 3.27. The van der Waals surface area contributed by atoms with Crippen LogP contribution in [0.25, 0.3) is 0 Å². The van der Waals surface area contributed by atoms with Crippen molar-refractivity contribution in [1.29, 1.82) is 0 Å². The molecule has 0 aliphatic heterocycles. The molecule has 2 rings (SSSR count). The molecule has 1 heterocycles. The summed E-state index contributed by atoms with van der Waals surface area (Å²) >= 11 is 5.71. The molecule has 1 aromatic heterocycles. The van der Waals surface area contributed by atoms with Crippen LogP contribution in [0.1, 0.15) is 26.2 Å². The first-order chi connectivity index (χ1) is 6.68. The Morgan fingerprint density at radius 3 is 2.93 bits per heavy atom. The van der Waals surface area contributed by atoms with Crippen molar-refractivity contribution in [3.63, 3.8) is 0 Å². The number of rotatable bonds is 4. The normalized spacial score (nSPS) is 17.9. The summed E-state index contributed by atoms with van der Waals surface area (Å²) in [7, 11) is 0. The summed E-state index contributed by atoms with van der Waals surface area (Å²) in [6.07, 6.45) is 7.14. The first-order valence-electron chi connectivity index (χ1n) is 4.89. The zero-order chi connectivity index (χ0) is 10.0. The number of halogens is 1. The minimum Gasteiger partial charge on any atom is -0.369 e. The van der Waals surface area contributed by atoms with Crippen LogP contribution in [0, 0.1) is 5.41 Å². The van der Waals surface area contributed by atoms with Crippen LogP contribution in [0.15, 0.2) is 12.4 Å². The van der Waals surface area contributed by atoms with Crippen LogP contribution in [0.3, 0.4) is 0 Å². The van der Waals surface area contributed by atoms with Gasteiger partial charge in [-0.15, -0.1) is 0 Å². The lowest BCUT2D eigenvalue weighted by molar-refractivity contribution is 0.536. The summed E-state index contributed by atoms with van der Waals surface area (Å²) in [5, 5.41) is 3.66. The smallest absolute Gasteiger partial charge is 0.149 e. The Labute approximate surface area is 88.9 Å². The molecule has 1 N–H and O–H groups in total. The molecule has 1 aliphatic carbocycles. The van der Waals surface area contributed by atoms with Crippen LogP contribution in [0.5, 0.6) is 0 Å². The Hall–Kier alpha value is -0.830. The monoisotopic (exact) mass is 211 g/mol. The summed E-state index contributed by atoms with van der Waals surface area (Å²) in [6, 6.07) is 0. The average Bonchev–Trinajstić information content (AvgIpc) is 2.84. The molecule has 4 heteroatoms. The van der Waals surface area contributed by atoms with Gasteiger partial charge in [0.05, 0.1) is 12.4 Å². The minimum atomic E-state index is 0.438. The molecular formula is C10H14ClN3. The van der Waals surface area contributed by atoms with Crippen molar-refractivity contribution in [2.75, 3.05) is 11.9 Å². The van der Waals surface area contributed by atoms with Crippen LogP contribution in [0.4, 0.5) is 5.82 Å². The largest absolute Gasteiger partial charge is 0.369 e. The molecule has 0 aromatic carbocycles. The van der Waals surface area contributed by atoms with Gasteiger partial charge in [-0.3, -0.25) is 4.98 Å². The van der Waals surface area contributed by atoms with Gasteiger partial charge in [0.2, 0.25) is 0 Å². The molecule has 0 bridgehead atoms. The average molecular weight is 212 g/mol. The standard InChI is InChI=1S/C10H14ClN3/c1-10(2-3-10)4-5-13-9-7-12-6-8(11)14-9/h6-7H,2-5H2,1H3,(H,13,14). The van der Waals surface area contributed by atoms with Gasteiger partial charge in [0.25, 0.3) is 0 Å². The van der Waals surface area contributed by atoms with Crippen molar-refractivity contribution in [1.82, 2.24) is 9.97 Å². The molecule has 0 amide bonds. The van der Waals surface area contributed by atoms with E-state index >= 15 is 0 Å². The fourth-order valence-electron chi connectivity index (χ4n) is 1.38. The molecule has 0 saturated heterocycles. The summed E-state index contributed by atoms with van der Waals surface area (Å²) in [4.78, 5) is 8.06. The maximum absolute atomic E-state index is 5.71. The van der Waals surface area contributed by atoms with Crippen LogP contribution >= 0.6 is 11.6 Å². The Bertz CT molecular complexity index is 323. The van der Waals surface area contributed by atoms with Gasteiger partial charge in [0.15, 0.2) is 0 Å². The third-order valence-corrected chi connectivity index (χ3v) is 2.93. The Morgan fingerprint density at radius 2 is 2.29 bits per heavy atom. The SMILES string of the molecule is CC1(CCNc2cncc(Cl)n2)CC1. The molecule has 0 radical (unpaired) electrons. The predicted octanol–water partition coefficient (Wildman–Crippen LogP) is 2.73. The van der Waals surface area contributed by atoms with Gasteiger partial charge >= 0.3 is 0 Å². The Kier molecular flexibility index (Phi) is 2.59. The van der Waals surface area contributed by atoms with E-state index in [9.17, 15) is 0 Å². The van der Waals surface area contributed by atoms with Crippen molar-refractivity contribution in [3.8, 4) is 0 Å². The third kappa shape index (κ3) is 2.58. The van der Waals surface area contributed by atoms with E-state index in [4.69, 9.17) is 11.6 Å². The fraction of sp³-hybridized carbons (Fsp3) is 0.600. The van der Waals surface area contributed by atoms with Gasteiger partial charge in [-0.2, -0.15) is 0 Å². The second-order valence-electron chi connectivity index (χ2n) is 4.21. The maximum Gasteiger partial charge on any atom is 0.149 e. The lowest BCUT2D eigenvalue weighted by Gasteiger charge is -2.09. The van der Waals surface area contributed by atoms with Crippen molar-refractivity contribution < 1.29 is 0 Å². The second-order valence-corrected chi connectivity index (χ2v) is 4.60. The third-order valence-electron chi connectivity index (χ3n) is 2.74. The van der Waals surface area contributed by atoms with Crippen LogP contribution in [-0.2, 0) is 0 Å². The van der Waals surface area contributed by atoms with E-state index in [0.29, 0.717) is 10.6 Å². The predicted molar refractivity (Wildman–Crippen MR) is 57.5 cm³/mol. The molecule has 0 spiro atoms. The second kappa shape index (κ2) is 3.73. The van der Waals surface area contributed by atoms with E-state index in [1.54, 1.807) is 6.20 Å². The van der Waals surface area contributed by atoms with Gasteiger partial charge in [-0.25, -0.2) is 4.98 Å². The number of hydrogen-bond donors (Lipinski definition) is 1. The summed E-state index contributed by atoms with van der Waals surface area (Å²) < 4.78 is 0. The number of nitrogens with zero attached hydrogens (tertiary/aromatic N) is 2. The van der Waals surface area contributed by atoms with E-state index in [1.807, 2.05) is 0 Å². The van der Waals surface area contributed by atoms with Crippen molar-refractivity contribution >= 4 is 17.4 Å².